The second kappa shape index (κ2) is 9.11. The van der Waals surface area contributed by atoms with E-state index in [1.165, 1.54) is 5.38 Å². The Hall–Kier alpha value is -3.21. The first-order valence-corrected chi connectivity index (χ1v) is 11.1. The molecule has 0 bridgehead atoms. The van der Waals surface area contributed by atoms with Crippen molar-refractivity contribution in [3.63, 3.8) is 0 Å². The zero-order valence-corrected chi connectivity index (χ0v) is 18.0. The van der Waals surface area contributed by atoms with E-state index in [-0.39, 0.29) is 29.6 Å². The van der Waals surface area contributed by atoms with Crippen molar-refractivity contribution in [3.8, 4) is 6.01 Å². The molecule has 0 aliphatic carbocycles. The molecule has 2 amide bonds. The number of oxime groups is 1. The minimum Gasteiger partial charge on any atom is -0.471 e. The van der Waals surface area contributed by atoms with E-state index in [1.54, 1.807) is 11.6 Å². The highest BCUT2D eigenvalue weighted by molar-refractivity contribution is 7.90. The summed E-state index contributed by atoms with van der Waals surface area (Å²) < 4.78 is 76.2. The Kier molecular flexibility index (Phi) is 6.68. The highest BCUT2D eigenvalue weighted by Crippen LogP contribution is 2.30. The van der Waals surface area contributed by atoms with Crippen LogP contribution in [0, 0.1) is 0 Å². The van der Waals surface area contributed by atoms with Crippen LogP contribution in [-0.2, 0) is 32.2 Å². The Morgan fingerprint density at radius 2 is 2.03 bits per heavy atom. The van der Waals surface area contributed by atoms with Crippen LogP contribution in [0.2, 0.25) is 0 Å². The van der Waals surface area contributed by atoms with Gasteiger partial charge in [0.1, 0.15) is 11.5 Å². The molecule has 0 saturated heterocycles. The summed E-state index contributed by atoms with van der Waals surface area (Å²) in [7, 11) is -3.50. The molecule has 3 rings (SSSR count). The lowest BCUT2D eigenvalue weighted by atomic mass is 10.3. The van der Waals surface area contributed by atoms with E-state index in [0.717, 1.165) is 18.4 Å². The van der Waals surface area contributed by atoms with E-state index >= 15 is 0 Å². The van der Waals surface area contributed by atoms with Crippen LogP contribution in [0.3, 0.4) is 0 Å². The summed E-state index contributed by atoms with van der Waals surface area (Å²) in [5.41, 5.74) is 0.0769. The van der Waals surface area contributed by atoms with E-state index in [4.69, 9.17) is 9.57 Å². The minimum atomic E-state index is -4.96. The lowest BCUT2D eigenvalue weighted by Gasteiger charge is -2.15. The zero-order valence-electron chi connectivity index (χ0n) is 16.4. The van der Waals surface area contributed by atoms with Gasteiger partial charge in [0, 0.05) is 10.3 Å². The average Bonchev–Trinajstić information content (AvgIpc) is 3.18. The fraction of sp³-hybridized carbons (Fsp3) is 0.400. The molecule has 0 saturated carbocycles. The van der Waals surface area contributed by atoms with Crippen LogP contribution < -0.4 is 14.8 Å². The van der Waals surface area contributed by atoms with Gasteiger partial charge in [0.2, 0.25) is 11.8 Å². The number of amides is 2. The standard InChI is InChI=1S/C15H15F3N6O6S2/c1-3-8-9(7(6-31-8)10-23-30-5-4-29-10)32(26,27)24-13(25)21-12-19-11(15(16,17)18)20-14(22-12)28-2/h6H,3-5H2,1-2H3,(H2,19,20,21,22,24,25). The summed E-state index contributed by atoms with van der Waals surface area (Å²) in [6, 6.07) is -2.14. The number of nitrogens with zero attached hydrogens (tertiary/aromatic N) is 4. The minimum absolute atomic E-state index is 0.0769. The van der Waals surface area contributed by atoms with Crippen LogP contribution in [-0.4, -0.2) is 55.6 Å². The molecule has 1 aliphatic rings. The van der Waals surface area contributed by atoms with Crippen molar-refractivity contribution in [2.45, 2.75) is 24.4 Å². The number of aryl methyl sites for hydroxylation is 1. The van der Waals surface area contributed by atoms with Crippen molar-refractivity contribution in [2.24, 2.45) is 5.16 Å². The molecule has 0 unspecified atom stereocenters. The predicted molar refractivity (Wildman–Crippen MR) is 103 cm³/mol. The zero-order chi connectivity index (χ0) is 23.5. The van der Waals surface area contributed by atoms with Crippen molar-refractivity contribution in [2.75, 3.05) is 25.6 Å². The van der Waals surface area contributed by atoms with Crippen LogP contribution in [0.1, 0.15) is 23.2 Å². The number of nitrogens with one attached hydrogen (secondary N) is 2. The van der Waals surface area contributed by atoms with Gasteiger partial charge >= 0.3 is 18.2 Å². The molecule has 174 valence electrons. The lowest BCUT2D eigenvalue weighted by molar-refractivity contribution is -0.145. The van der Waals surface area contributed by atoms with Crippen LogP contribution in [0.15, 0.2) is 15.4 Å². The molecule has 17 heteroatoms. The molecular formula is C15H15F3N6O6S2. The SMILES string of the molecule is CCc1scc(C2=NOCCO2)c1S(=O)(=O)NC(=O)Nc1nc(OC)nc(C(F)(F)F)n1. The number of sulfonamides is 1. The van der Waals surface area contributed by atoms with E-state index in [9.17, 15) is 26.4 Å². The summed E-state index contributed by atoms with van der Waals surface area (Å²) >= 11 is 1.10. The van der Waals surface area contributed by atoms with Gasteiger partial charge in [-0.15, -0.1) is 11.3 Å². The normalized spacial score (nSPS) is 14.1. The predicted octanol–water partition coefficient (Wildman–Crippen LogP) is 1.74. The summed E-state index contributed by atoms with van der Waals surface area (Å²) in [5, 5.41) is 6.99. The Balaban J connectivity index is 1.88. The number of rotatable bonds is 6. The lowest BCUT2D eigenvalue weighted by Crippen LogP contribution is -2.36. The molecule has 32 heavy (non-hydrogen) atoms. The number of anilines is 1. The second-order valence-corrected chi connectivity index (χ2v) is 8.44. The van der Waals surface area contributed by atoms with E-state index in [2.05, 4.69) is 24.8 Å². The molecule has 0 spiro atoms. The third-order valence-electron chi connectivity index (χ3n) is 3.70. The third kappa shape index (κ3) is 5.16. The summed E-state index contributed by atoms with van der Waals surface area (Å²) in [6.45, 7) is 2.03. The van der Waals surface area contributed by atoms with Gasteiger partial charge in [-0.25, -0.2) is 17.9 Å². The van der Waals surface area contributed by atoms with Crippen LogP contribution >= 0.6 is 11.3 Å². The van der Waals surface area contributed by atoms with Crippen LogP contribution in [0.4, 0.5) is 23.9 Å². The number of hydrogen-bond donors (Lipinski definition) is 2. The number of alkyl halides is 3. The molecule has 3 heterocycles. The molecule has 2 N–H and O–H groups in total. The maximum atomic E-state index is 12.9. The smallest absolute Gasteiger partial charge is 0.451 e. The average molecular weight is 496 g/mol. The Morgan fingerprint density at radius 3 is 2.62 bits per heavy atom. The number of urea groups is 1. The van der Waals surface area contributed by atoms with Gasteiger partial charge in [0.05, 0.1) is 12.7 Å². The second-order valence-electron chi connectivity index (χ2n) is 5.86. The molecule has 1 aliphatic heterocycles. The monoisotopic (exact) mass is 496 g/mol. The van der Waals surface area contributed by atoms with E-state index < -0.39 is 40.0 Å². The van der Waals surface area contributed by atoms with Gasteiger partial charge in [-0.05, 0) is 11.6 Å². The van der Waals surface area contributed by atoms with Gasteiger partial charge in [-0.1, -0.05) is 6.92 Å². The number of thiophene rings is 1. The fourth-order valence-electron chi connectivity index (χ4n) is 2.44. The summed E-state index contributed by atoms with van der Waals surface area (Å²) in [6.07, 6.45) is -4.66. The number of carbonyl (C=O) groups excluding carboxylic acids is 1. The van der Waals surface area contributed by atoms with Crippen LogP contribution in [0.25, 0.3) is 0 Å². The third-order valence-corrected chi connectivity index (χ3v) is 6.42. The largest absolute Gasteiger partial charge is 0.471 e. The number of aromatic nitrogens is 3. The van der Waals surface area contributed by atoms with Gasteiger partial charge in [0.15, 0.2) is 6.61 Å². The molecule has 0 radical (unpaired) electrons. The number of methoxy groups -OCH3 is 1. The molecule has 0 fully saturated rings. The summed E-state index contributed by atoms with van der Waals surface area (Å²) in [5.74, 6) is -2.58. The van der Waals surface area contributed by atoms with Crippen molar-refractivity contribution in [3.05, 3.63) is 21.6 Å². The van der Waals surface area contributed by atoms with E-state index in [1.807, 2.05) is 5.32 Å². The Morgan fingerprint density at radius 1 is 1.28 bits per heavy atom. The molecular weight excluding hydrogens is 481 g/mol. The molecule has 0 aromatic carbocycles. The van der Waals surface area contributed by atoms with Gasteiger partial charge in [-0.2, -0.15) is 28.1 Å². The van der Waals surface area contributed by atoms with Gasteiger partial charge in [0.25, 0.3) is 15.9 Å². The van der Waals surface area contributed by atoms with Crippen LogP contribution in [0.5, 0.6) is 6.01 Å². The number of ether oxygens (including phenoxy) is 2. The number of halogens is 3. The quantitative estimate of drug-likeness (QED) is 0.609. The van der Waals surface area contributed by atoms with Crippen molar-refractivity contribution in [1.82, 2.24) is 19.7 Å². The van der Waals surface area contributed by atoms with Gasteiger partial charge in [-0.3, -0.25) is 5.32 Å². The van der Waals surface area contributed by atoms with Crippen molar-refractivity contribution >= 4 is 39.2 Å². The first-order valence-electron chi connectivity index (χ1n) is 8.69. The maximum Gasteiger partial charge on any atom is 0.451 e. The first-order chi connectivity index (χ1) is 15.0. The van der Waals surface area contributed by atoms with Crippen molar-refractivity contribution in [1.29, 1.82) is 0 Å². The van der Waals surface area contributed by atoms with E-state index in [0.29, 0.717) is 11.3 Å². The molecule has 2 aromatic rings. The maximum absolute atomic E-state index is 12.9. The fourth-order valence-corrected chi connectivity index (χ4v) is 5.12. The number of carbonyl (C=O) groups is 1. The van der Waals surface area contributed by atoms with Crippen molar-refractivity contribution < 1.29 is 40.7 Å². The summed E-state index contributed by atoms with van der Waals surface area (Å²) in [4.78, 5) is 26.9. The molecule has 0 atom stereocenters. The Bertz CT molecular complexity index is 1150. The first kappa shape index (κ1) is 23.5. The number of hydrogen-bond acceptors (Lipinski definition) is 11. The molecule has 2 aromatic heterocycles. The molecule has 12 nitrogen and oxygen atoms in total. The highest BCUT2D eigenvalue weighted by Gasteiger charge is 2.36. The van der Waals surface area contributed by atoms with Gasteiger partial charge < -0.3 is 14.3 Å². The highest BCUT2D eigenvalue weighted by atomic mass is 32.2. The topological polar surface area (TPSA) is 154 Å². The Labute approximate surface area is 182 Å².